The number of benzene rings is 5. The van der Waals surface area contributed by atoms with Gasteiger partial charge in [-0.3, -0.25) is 14.5 Å². The second kappa shape index (κ2) is 18.5. The van der Waals surface area contributed by atoms with Crippen LogP contribution in [0.4, 0.5) is 13.9 Å². The number of carbonyl (C=O) groups excluding carboxylic acids is 3. The summed E-state index contributed by atoms with van der Waals surface area (Å²) in [5.74, 6) is -2.15. The Morgan fingerprint density at radius 3 is 1.82 bits per heavy atom. The fraction of sp³-hybridized carbons (Fsp3) is 0.152. The Bertz CT molecular complexity index is 2420. The number of thiazole rings is 1. The third-order valence-corrected chi connectivity index (χ3v) is 12.6. The zero-order chi connectivity index (χ0) is 42.3. The van der Waals surface area contributed by atoms with Crippen molar-refractivity contribution in [1.82, 2.24) is 15.2 Å². The molecule has 0 aliphatic carbocycles. The summed E-state index contributed by atoms with van der Waals surface area (Å²) < 4.78 is 33.1. The van der Waals surface area contributed by atoms with Crippen LogP contribution < -0.4 is 10.6 Å². The first-order chi connectivity index (χ1) is 29.8. The lowest BCUT2D eigenvalue weighted by atomic mass is 9.77. The molecule has 6 aromatic rings. The number of aromatic nitrogens is 1. The van der Waals surface area contributed by atoms with E-state index in [2.05, 4.69) is 25.6 Å². The number of halogens is 3. The first-order valence-corrected chi connectivity index (χ1v) is 21.5. The highest BCUT2D eigenvalue weighted by Gasteiger charge is 2.55. The van der Waals surface area contributed by atoms with Gasteiger partial charge < -0.3 is 20.2 Å². The molecule has 2 aliphatic rings. The Balaban J connectivity index is 1.05. The molecule has 5 aromatic carbocycles. The minimum absolute atomic E-state index is 0.00464. The maximum atomic E-state index is 14.1. The monoisotopic (exact) mass is 875 g/mol. The van der Waals surface area contributed by atoms with Crippen LogP contribution in [0, 0.1) is 0 Å². The van der Waals surface area contributed by atoms with Gasteiger partial charge in [-0.05, 0) is 33.4 Å². The highest BCUT2D eigenvalue weighted by Crippen LogP contribution is 2.43. The molecule has 1 saturated heterocycles. The van der Waals surface area contributed by atoms with Crippen LogP contribution in [-0.4, -0.2) is 63.0 Å². The number of amides is 2. The molecule has 0 unspecified atom stereocenters. The van der Waals surface area contributed by atoms with Gasteiger partial charge in [0, 0.05) is 17.0 Å². The third-order valence-electron chi connectivity index (χ3n) is 10.2. The van der Waals surface area contributed by atoms with Crippen LogP contribution in [0.2, 0.25) is 0 Å². The van der Waals surface area contributed by atoms with E-state index in [-0.39, 0.29) is 23.0 Å². The summed E-state index contributed by atoms with van der Waals surface area (Å²) in [5.41, 5.74) is 2.96. The van der Waals surface area contributed by atoms with E-state index in [4.69, 9.17) is 16.3 Å². The largest absolute Gasteiger partial charge is 0.448 e. The maximum absolute atomic E-state index is 14.1. The second-order valence-corrected chi connectivity index (χ2v) is 16.1. The van der Waals surface area contributed by atoms with Gasteiger partial charge in [0.25, 0.3) is 11.8 Å². The number of hydrogen-bond donors (Lipinski definition) is 2. The molecular weight excluding hydrogens is 840 g/mol. The lowest BCUT2D eigenvalue weighted by Crippen LogP contribution is -2.71. The van der Waals surface area contributed by atoms with Crippen molar-refractivity contribution >= 4 is 63.3 Å². The highest BCUT2D eigenvalue weighted by atomic mass is 35.5. The number of oxime groups is 1. The summed E-state index contributed by atoms with van der Waals surface area (Å²) in [6.07, 6.45) is -0.789. The Kier molecular flexibility index (Phi) is 12.6. The maximum Gasteiger partial charge on any atom is 0.407 e. The first-order valence-electron chi connectivity index (χ1n) is 19.1. The van der Waals surface area contributed by atoms with Crippen LogP contribution in [0.25, 0.3) is 0 Å². The van der Waals surface area contributed by atoms with Crippen LogP contribution in [0.5, 0.6) is 0 Å². The van der Waals surface area contributed by atoms with Crippen molar-refractivity contribution in [2.45, 2.75) is 29.7 Å². The van der Waals surface area contributed by atoms with Crippen molar-refractivity contribution in [2.24, 2.45) is 5.16 Å². The molecule has 0 bridgehead atoms. The van der Waals surface area contributed by atoms with Crippen LogP contribution in [0.3, 0.4) is 0 Å². The molecule has 61 heavy (non-hydrogen) atoms. The molecule has 15 heteroatoms. The normalized spacial score (nSPS) is 16.5. The van der Waals surface area contributed by atoms with E-state index >= 15 is 0 Å². The molecular formula is C46H36ClF2N5O5S2. The number of thioether (sulfide) groups is 1. The molecule has 308 valence electrons. The number of anilines is 1. The fourth-order valence-electron chi connectivity index (χ4n) is 7.41. The minimum Gasteiger partial charge on any atom is -0.448 e. The molecule has 2 amide bonds. The fourth-order valence-corrected chi connectivity index (χ4v) is 9.84. The summed E-state index contributed by atoms with van der Waals surface area (Å²) >= 11 is 8.74. The minimum atomic E-state index is -3.35. The van der Waals surface area contributed by atoms with Crippen molar-refractivity contribution in [3.8, 4) is 0 Å². The van der Waals surface area contributed by atoms with Crippen LogP contribution in [0.1, 0.15) is 39.6 Å². The number of nitrogens with one attached hydrogen (secondary N) is 2. The molecule has 2 N–H and O–H groups in total. The predicted molar refractivity (Wildman–Crippen MR) is 232 cm³/mol. The molecule has 10 nitrogen and oxygen atoms in total. The van der Waals surface area contributed by atoms with E-state index in [1.807, 2.05) is 152 Å². The number of alkyl halides is 3. The van der Waals surface area contributed by atoms with Gasteiger partial charge in [0.2, 0.25) is 0 Å². The molecule has 1 aromatic heterocycles. The summed E-state index contributed by atoms with van der Waals surface area (Å²) in [5, 5.41) is 10.8. The molecule has 0 spiro atoms. The van der Waals surface area contributed by atoms with Crippen molar-refractivity contribution in [2.75, 3.05) is 16.9 Å². The zero-order valence-corrected chi connectivity index (χ0v) is 34.5. The average molecular weight is 876 g/mol. The van der Waals surface area contributed by atoms with Crippen molar-refractivity contribution < 1.29 is 32.7 Å². The van der Waals surface area contributed by atoms with Crippen molar-refractivity contribution in [3.05, 3.63) is 202 Å². The summed E-state index contributed by atoms with van der Waals surface area (Å²) in [7, 11) is 0. The molecule has 3 heterocycles. The van der Waals surface area contributed by atoms with Gasteiger partial charge in [-0.15, -0.1) is 34.7 Å². The number of rotatable bonds is 15. The topological polar surface area (TPSA) is 122 Å². The van der Waals surface area contributed by atoms with Crippen molar-refractivity contribution in [1.29, 1.82) is 0 Å². The Hall–Kier alpha value is -6.35. The molecule has 0 saturated carbocycles. The van der Waals surface area contributed by atoms with Gasteiger partial charge in [0.15, 0.2) is 16.9 Å². The van der Waals surface area contributed by atoms with E-state index in [1.54, 1.807) is 0 Å². The third kappa shape index (κ3) is 8.51. The van der Waals surface area contributed by atoms with E-state index < -0.39 is 53.2 Å². The summed E-state index contributed by atoms with van der Waals surface area (Å²) in [6.45, 7) is -3.35. The SMILES string of the molecule is O=C(N[C@@H]1C(=O)N2C(C(=O)OC(c3ccccc3)c3ccccc3)=C(CCl)CS[C@H]12)C(=NOC(F)F)c1csc(NC(c2ccccc2)(c2ccccc2)c2ccccc2)n1. The number of fused-ring (bicyclic) bond motifs is 1. The lowest BCUT2D eigenvalue weighted by molar-refractivity contribution is -0.154. The predicted octanol–water partition coefficient (Wildman–Crippen LogP) is 8.72. The van der Waals surface area contributed by atoms with E-state index in [0.29, 0.717) is 10.7 Å². The van der Waals surface area contributed by atoms with E-state index in [0.717, 1.165) is 39.2 Å². The Morgan fingerprint density at radius 1 is 0.820 bits per heavy atom. The molecule has 1 fully saturated rings. The average Bonchev–Trinajstić information content (AvgIpc) is 3.77. The number of nitrogens with zero attached hydrogens (tertiary/aromatic N) is 3. The van der Waals surface area contributed by atoms with Gasteiger partial charge >= 0.3 is 12.6 Å². The number of esters is 1. The first kappa shape index (κ1) is 41.4. The molecule has 0 radical (unpaired) electrons. The number of β-lactam (4-membered cyclic amide) rings is 1. The van der Waals surface area contributed by atoms with Crippen molar-refractivity contribution in [3.63, 3.8) is 0 Å². The summed E-state index contributed by atoms with van der Waals surface area (Å²) in [4.78, 5) is 52.2. The standard InChI is InChI=1S/C46H36ClF2N5O5S2/c47-26-31-27-60-42-37(41(56)54(42)38(31)43(57)58-39(29-16-6-1-7-17-29)30-18-8-2-9-19-30)51-40(55)36(53-59-44(48)49)35-28-61-45(50-35)52-46(32-20-10-3-11-21-32,33-22-12-4-13-23-33)34-24-14-5-15-25-34/h1-25,28,37,39,42,44H,26-27H2,(H,50,52)(H,51,55)/t37-,42-/m1/s1. The van der Waals surface area contributed by atoms with E-state index in [9.17, 15) is 23.2 Å². The van der Waals surface area contributed by atoms with Gasteiger partial charge in [0.1, 0.15) is 28.3 Å². The van der Waals surface area contributed by atoms with Gasteiger partial charge in [0.05, 0.1) is 0 Å². The number of carbonyl (C=O) groups is 3. The second-order valence-electron chi connectivity index (χ2n) is 13.9. The number of hydrogen-bond acceptors (Lipinski definition) is 10. The smallest absolute Gasteiger partial charge is 0.407 e. The van der Waals surface area contributed by atoms with E-state index in [1.165, 1.54) is 22.0 Å². The molecule has 2 atom stereocenters. The number of ether oxygens (including phenoxy) is 1. The van der Waals surface area contributed by atoms with Gasteiger partial charge in [-0.2, -0.15) is 8.78 Å². The Labute approximate surface area is 363 Å². The van der Waals surface area contributed by atoms with Crippen LogP contribution in [-0.2, 0) is 29.5 Å². The molecule has 8 rings (SSSR count). The Morgan fingerprint density at radius 2 is 1.33 bits per heavy atom. The highest BCUT2D eigenvalue weighted by molar-refractivity contribution is 8.00. The van der Waals surface area contributed by atoms with Crippen LogP contribution >= 0.6 is 34.7 Å². The van der Waals surface area contributed by atoms with Gasteiger partial charge in [-0.25, -0.2) is 9.78 Å². The van der Waals surface area contributed by atoms with Gasteiger partial charge in [-0.1, -0.05) is 157 Å². The summed E-state index contributed by atoms with van der Waals surface area (Å²) in [6, 6.07) is 46.5. The lowest BCUT2D eigenvalue weighted by Gasteiger charge is -2.49. The molecule has 2 aliphatic heterocycles. The quantitative estimate of drug-likeness (QED) is 0.0263. The zero-order valence-electron chi connectivity index (χ0n) is 32.1. The van der Waals surface area contributed by atoms with Crippen LogP contribution in [0.15, 0.2) is 173 Å².